The zero-order chi connectivity index (χ0) is 25.2. The Labute approximate surface area is 202 Å². The van der Waals surface area contributed by atoms with Gasteiger partial charge in [-0.25, -0.2) is 0 Å². The molecular weight excluding hydrogens is 454 g/mol. The van der Waals surface area contributed by atoms with Gasteiger partial charge < -0.3 is 21.2 Å². The van der Waals surface area contributed by atoms with Crippen molar-refractivity contribution in [2.24, 2.45) is 5.73 Å². The number of hydrogen-bond acceptors (Lipinski definition) is 7. The highest BCUT2D eigenvalue weighted by atomic mass is 32.1. The summed E-state index contributed by atoms with van der Waals surface area (Å²) in [5, 5.41) is 3.01. The quantitative estimate of drug-likeness (QED) is 0.445. The zero-order valence-electron chi connectivity index (χ0n) is 19.8. The largest absolute Gasteiger partial charge is 0.464 e. The number of nitrogens with two attached hydrogens (primary N) is 2. The molecule has 0 fully saturated rings. The lowest BCUT2D eigenvalue weighted by Crippen LogP contribution is -2.50. The van der Waals surface area contributed by atoms with Crippen LogP contribution in [-0.4, -0.2) is 27.6 Å². The van der Waals surface area contributed by atoms with Gasteiger partial charge in [0, 0.05) is 11.2 Å². The Morgan fingerprint density at radius 2 is 1.91 bits per heavy atom. The summed E-state index contributed by atoms with van der Waals surface area (Å²) in [4.78, 5) is 40.6. The standard InChI is InChI=1S/C24H29N5O4S/c1-6-24(4,5)27-22(31)19(16-11-10-14(3)33-16)29(15-9-7-8-13(2)12-15)23(32)20-17(25)18(21(26)30)28-34-20/h7-12,19H,6,25H2,1-5H3,(H2,26,30)(H,27,31). The van der Waals surface area contributed by atoms with Gasteiger partial charge in [0.25, 0.3) is 17.7 Å². The molecule has 1 unspecified atom stereocenters. The van der Waals surface area contributed by atoms with Gasteiger partial charge in [-0.2, -0.15) is 4.37 Å². The van der Waals surface area contributed by atoms with E-state index in [4.69, 9.17) is 15.9 Å². The number of furan rings is 1. The number of nitrogen functional groups attached to an aromatic ring is 1. The Hall–Kier alpha value is -3.66. The number of aryl methyl sites for hydroxylation is 2. The van der Waals surface area contributed by atoms with Crippen LogP contribution in [0.15, 0.2) is 40.8 Å². The fourth-order valence-electron chi connectivity index (χ4n) is 3.36. The number of carbonyl (C=O) groups excluding carboxylic acids is 3. The minimum atomic E-state index is -1.15. The summed E-state index contributed by atoms with van der Waals surface area (Å²) in [6.45, 7) is 9.39. The summed E-state index contributed by atoms with van der Waals surface area (Å²) in [5.41, 5.74) is 11.9. The summed E-state index contributed by atoms with van der Waals surface area (Å²) >= 11 is 0.758. The minimum Gasteiger partial charge on any atom is -0.464 e. The van der Waals surface area contributed by atoms with E-state index < -0.39 is 29.3 Å². The number of rotatable bonds is 8. The molecule has 0 aliphatic heterocycles. The number of nitrogens with one attached hydrogen (secondary N) is 1. The van der Waals surface area contributed by atoms with Crippen LogP contribution in [0.3, 0.4) is 0 Å². The number of carbonyl (C=O) groups is 3. The van der Waals surface area contributed by atoms with Gasteiger partial charge >= 0.3 is 0 Å². The van der Waals surface area contributed by atoms with Gasteiger partial charge in [0.05, 0.1) is 5.69 Å². The molecule has 0 spiro atoms. The lowest BCUT2D eigenvalue weighted by Gasteiger charge is -2.33. The molecule has 2 aromatic heterocycles. The average Bonchev–Trinajstić information content (AvgIpc) is 3.36. The highest BCUT2D eigenvalue weighted by Crippen LogP contribution is 2.34. The van der Waals surface area contributed by atoms with Crippen molar-refractivity contribution in [2.75, 3.05) is 10.6 Å². The molecule has 180 valence electrons. The summed E-state index contributed by atoms with van der Waals surface area (Å²) in [6, 6.07) is 9.42. The van der Waals surface area contributed by atoms with Gasteiger partial charge in [0.2, 0.25) is 0 Å². The number of hydrogen-bond donors (Lipinski definition) is 3. The maximum atomic E-state index is 13.9. The SMILES string of the molecule is CCC(C)(C)NC(=O)C(c1ccc(C)o1)N(C(=O)c1snc(C(N)=O)c1N)c1cccc(C)c1. The van der Waals surface area contributed by atoms with Crippen molar-refractivity contribution in [3.05, 3.63) is 64.1 Å². The average molecular weight is 484 g/mol. The number of benzene rings is 1. The van der Waals surface area contributed by atoms with E-state index in [1.807, 2.05) is 33.8 Å². The lowest BCUT2D eigenvalue weighted by molar-refractivity contribution is -0.124. The van der Waals surface area contributed by atoms with Gasteiger partial charge in [-0.05, 0) is 75.5 Å². The van der Waals surface area contributed by atoms with Gasteiger partial charge in [-0.3, -0.25) is 19.3 Å². The van der Waals surface area contributed by atoms with E-state index in [1.165, 1.54) is 4.90 Å². The third-order valence-electron chi connectivity index (χ3n) is 5.54. The molecular formula is C24H29N5O4S. The van der Waals surface area contributed by atoms with Crippen LogP contribution in [0.2, 0.25) is 0 Å². The van der Waals surface area contributed by atoms with Crippen LogP contribution in [0.5, 0.6) is 0 Å². The van der Waals surface area contributed by atoms with Crippen molar-refractivity contribution >= 4 is 40.6 Å². The van der Waals surface area contributed by atoms with Crippen LogP contribution in [-0.2, 0) is 4.79 Å². The molecule has 34 heavy (non-hydrogen) atoms. The molecule has 5 N–H and O–H groups in total. The van der Waals surface area contributed by atoms with Gasteiger partial charge in [-0.15, -0.1) is 0 Å². The molecule has 3 rings (SSSR count). The predicted molar refractivity (Wildman–Crippen MR) is 132 cm³/mol. The fraction of sp³-hybridized carbons (Fsp3) is 0.333. The smallest absolute Gasteiger partial charge is 0.273 e. The fourth-order valence-corrected chi connectivity index (χ4v) is 4.11. The van der Waals surface area contributed by atoms with E-state index in [2.05, 4.69) is 9.69 Å². The second-order valence-electron chi connectivity index (χ2n) is 8.73. The second kappa shape index (κ2) is 9.68. The molecule has 3 aromatic rings. The Balaban J connectivity index is 2.21. The Bertz CT molecular complexity index is 1230. The molecule has 1 atom stereocenters. The first-order valence-electron chi connectivity index (χ1n) is 10.8. The summed E-state index contributed by atoms with van der Waals surface area (Å²) in [5.74, 6) is -0.982. The topological polar surface area (TPSA) is 145 Å². The van der Waals surface area contributed by atoms with E-state index >= 15 is 0 Å². The highest BCUT2D eigenvalue weighted by Gasteiger charge is 2.39. The van der Waals surface area contributed by atoms with E-state index in [0.717, 1.165) is 17.1 Å². The van der Waals surface area contributed by atoms with Crippen molar-refractivity contribution in [3.8, 4) is 0 Å². The van der Waals surface area contributed by atoms with Crippen molar-refractivity contribution in [2.45, 2.75) is 52.6 Å². The van der Waals surface area contributed by atoms with E-state index in [9.17, 15) is 14.4 Å². The van der Waals surface area contributed by atoms with Crippen molar-refractivity contribution in [1.82, 2.24) is 9.69 Å². The molecule has 0 aliphatic rings. The number of primary amides is 1. The number of aromatic nitrogens is 1. The normalized spacial score (nSPS) is 12.3. The third kappa shape index (κ3) is 5.12. The first-order chi connectivity index (χ1) is 15.9. The van der Waals surface area contributed by atoms with Gasteiger partial charge in [-0.1, -0.05) is 19.1 Å². The van der Waals surface area contributed by atoms with E-state index in [0.29, 0.717) is 17.9 Å². The van der Waals surface area contributed by atoms with Crippen LogP contribution in [0, 0.1) is 13.8 Å². The number of nitrogens with zero attached hydrogens (tertiary/aromatic N) is 2. The van der Waals surface area contributed by atoms with Crippen LogP contribution in [0.1, 0.15) is 70.5 Å². The minimum absolute atomic E-state index is 0.00568. The van der Waals surface area contributed by atoms with Crippen molar-refractivity contribution in [1.29, 1.82) is 0 Å². The lowest BCUT2D eigenvalue weighted by atomic mass is 10.00. The van der Waals surface area contributed by atoms with Crippen LogP contribution in [0.4, 0.5) is 11.4 Å². The van der Waals surface area contributed by atoms with Gasteiger partial charge in [0.1, 0.15) is 16.4 Å². The second-order valence-corrected chi connectivity index (χ2v) is 9.50. The molecule has 0 bridgehead atoms. The Kier molecular flexibility index (Phi) is 7.11. The summed E-state index contributed by atoms with van der Waals surface area (Å²) < 4.78 is 9.79. The monoisotopic (exact) mass is 483 g/mol. The van der Waals surface area contributed by atoms with Crippen LogP contribution < -0.4 is 21.7 Å². The summed E-state index contributed by atoms with van der Waals surface area (Å²) in [6.07, 6.45) is 0.671. The van der Waals surface area contributed by atoms with Crippen LogP contribution >= 0.6 is 11.5 Å². The maximum Gasteiger partial charge on any atom is 0.273 e. The van der Waals surface area contributed by atoms with Crippen molar-refractivity contribution < 1.29 is 18.8 Å². The molecule has 10 heteroatoms. The van der Waals surface area contributed by atoms with Crippen molar-refractivity contribution in [3.63, 3.8) is 0 Å². The summed E-state index contributed by atoms with van der Waals surface area (Å²) in [7, 11) is 0. The molecule has 1 aromatic carbocycles. The number of anilines is 2. The Morgan fingerprint density at radius 1 is 1.21 bits per heavy atom. The zero-order valence-corrected chi connectivity index (χ0v) is 20.7. The molecule has 9 nitrogen and oxygen atoms in total. The molecule has 0 saturated carbocycles. The van der Waals surface area contributed by atoms with E-state index in [1.54, 1.807) is 37.3 Å². The molecule has 0 saturated heterocycles. The molecule has 0 radical (unpaired) electrons. The third-order valence-corrected chi connectivity index (χ3v) is 6.39. The number of amides is 3. The highest BCUT2D eigenvalue weighted by molar-refractivity contribution is 7.09. The molecule has 3 amide bonds. The predicted octanol–water partition coefficient (Wildman–Crippen LogP) is 3.73. The first kappa shape index (κ1) is 25.0. The first-order valence-corrected chi connectivity index (χ1v) is 11.6. The van der Waals surface area contributed by atoms with E-state index in [-0.39, 0.29) is 22.0 Å². The molecule has 2 heterocycles. The van der Waals surface area contributed by atoms with Crippen LogP contribution in [0.25, 0.3) is 0 Å². The Morgan fingerprint density at radius 3 is 2.44 bits per heavy atom. The maximum absolute atomic E-state index is 13.9. The molecule has 0 aliphatic carbocycles. The van der Waals surface area contributed by atoms with Gasteiger partial charge in [0.15, 0.2) is 11.7 Å².